The van der Waals surface area contributed by atoms with Gasteiger partial charge in [0, 0.05) is 5.56 Å². The summed E-state index contributed by atoms with van der Waals surface area (Å²) < 4.78 is 11.0. The van der Waals surface area contributed by atoms with Crippen LogP contribution in [0, 0.1) is 11.8 Å². The maximum atomic E-state index is 5.53. The molecule has 2 aromatic rings. The molecule has 0 unspecified atom stereocenters. The molecule has 0 saturated heterocycles. The van der Waals surface area contributed by atoms with Crippen LogP contribution < -0.4 is 10.5 Å². The average molecular weight is 267 g/mol. The highest BCUT2D eigenvalue weighted by Gasteiger charge is 1.96. The van der Waals surface area contributed by atoms with Crippen molar-refractivity contribution in [3.63, 3.8) is 0 Å². The molecular formula is C17H17NO2. The molecule has 2 rings (SSSR count). The Hall–Kier alpha value is -2.28. The Bertz CT molecular complexity index is 585. The van der Waals surface area contributed by atoms with Gasteiger partial charge in [0.25, 0.3) is 0 Å². The van der Waals surface area contributed by atoms with E-state index >= 15 is 0 Å². The van der Waals surface area contributed by atoms with Crippen molar-refractivity contribution in [2.24, 2.45) is 5.73 Å². The van der Waals surface area contributed by atoms with Crippen molar-refractivity contribution < 1.29 is 9.47 Å². The maximum Gasteiger partial charge on any atom is 0.189 e. The van der Waals surface area contributed by atoms with E-state index in [1.165, 1.54) is 0 Å². The number of hydrogen-bond donors (Lipinski definition) is 1. The van der Waals surface area contributed by atoms with Gasteiger partial charge in [-0.2, -0.15) is 0 Å². The molecule has 0 amide bonds. The van der Waals surface area contributed by atoms with Gasteiger partial charge in [0.1, 0.15) is 5.75 Å². The van der Waals surface area contributed by atoms with Gasteiger partial charge >= 0.3 is 0 Å². The highest BCUT2D eigenvalue weighted by molar-refractivity contribution is 5.39. The highest BCUT2D eigenvalue weighted by Crippen LogP contribution is 2.12. The van der Waals surface area contributed by atoms with Crippen LogP contribution in [-0.4, -0.2) is 13.3 Å². The van der Waals surface area contributed by atoms with Crippen LogP contribution in [0.25, 0.3) is 0 Å². The van der Waals surface area contributed by atoms with Crippen molar-refractivity contribution in [1.82, 2.24) is 0 Å². The van der Waals surface area contributed by atoms with Crippen molar-refractivity contribution in [3.05, 3.63) is 65.7 Å². The maximum absolute atomic E-state index is 5.53. The Morgan fingerprint density at radius 3 is 2.65 bits per heavy atom. The topological polar surface area (TPSA) is 44.5 Å². The minimum atomic E-state index is 0.211. The van der Waals surface area contributed by atoms with Crippen LogP contribution in [0.5, 0.6) is 5.75 Å². The lowest BCUT2D eigenvalue weighted by Crippen LogP contribution is -2.03. The second-order valence-electron chi connectivity index (χ2n) is 4.13. The lowest BCUT2D eigenvalue weighted by molar-refractivity contribution is 0.00504. The number of rotatable bonds is 5. The summed E-state index contributed by atoms with van der Waals surface area (Å²) in [4.78, 5) is 0. The van der Waals surface area contributed by atoms with Crippen LogP contribution >= 0.6 is 0 Å². The molecule has 2 aromatic carbocycles. The largest absolute Gasteiger partial charge is 0.468 e. The monoisotopic (exact) mass is 267 g/mol. The minimum absolute atomic E-state index is 0.211. The zero-order valence-electron chi connectivity index (χ0n) is 11.2. The van der Waals surface area contributed by atoms with Crippen LogP contribution in [0.3, 0.4) is 0 Å². The average Bonchev–Trinajstić information content (AvgIpc) is 2.51. The molecule has 0 bridgehead atoms. The van der Waals surface area contributed by atoms with Gasteiger partial charge in [-0.1, -0.05) is 48.2 Å². The molecular weight excluding hydrogens is 250 g/mol. The predicted molar refractivity (Wildman–Crippen MR) is 79.1 cm³/mol. The van der Waals surface area contributed by atoms with Gasteiger partial charge in [0.15, 0.2) is 6.79 Å². The summed E-state index contributed by atoms with van der Waals surface area (Å²) in [6.07, 6.45) is 0. The SMILES string of the molecule is NCC#Cc1cccc(OCOCc2ccccc2)c1. The first kappa shape index (κ1) is 14.1. The summed E-state index contributed by atoms with van der Waals surface area (Å²) in [5.41, 5.74) is 7.35. The lowest BCUT2D eigenvalue weighted by Gasteiger charge is -2.07. The zero-order valence-corrected chi connectivity index (χ0v) is 11.2. The Labute approximate surface area is 119 Å². The Kier molecular flexibility index (Phi) is 5.66. The van der Waals surface area contributed by atoms with Crippen molar-refractivity contribution in [3.8, 4) is 17.6 Å². The second-order valence-corrected chi connectivity index (χ2v) is 4.13. The molecule has 3 nitrogen and oxygen atoms in total. The fraction of sp³-hybridized carbons (Fsp3) is 0.176. The molecule has 0 radical (unpaired) electrons. The summed E-state index contributed by atoms with van der Waals surface area (Å²) >= 11 is 0. The van der Waals surface area contributed by atoms with Gasteiger partial charge in [0.2, 0.25) is 0 Å². The van der Waals surface area contributed by atoms with Crippen LogP contribution in [0.15, 0.2) is 54.6 Å². The molecule has 2 N–H and O–H groups in total. The summed E-state index contributed by atoms with van der Waals surface area (Å²) in [6.45, 7) is 1.10. The standard InChI is InChI=1S/C17H17NO2/c18-11-5-9-15-8-4-10-17(12-15)20-14-19-13-16-6-2-1-3-7-16/h1-4,6-8,10,12H,11,13-14,18H2. The molecule has 0 heterocycles. The van der Waals surface area contributed by atoms with Crippen LogP contribution in [0.2, 0.25) is 0 Å². The minimum Gasteiger partial charge on any atom is -0.468 e. The summed E-state index contributed by atoms with van der Waals surface area (Å²) in [7, 11) is 0. The van der Waals surface area contributed by atoms with Gasteiger partial charge in [0.05, 0.1) is 13.2 Å². The first-order chi connectivity index (χ1) is 9.88. The van der Waals surface area contributed by atoms with Crippen molar-refractivity contribution in [2.45, 2.75) is 6.61 Å². The van der Waals surface area contributed by atoms with Gasteiger partial charge in [-0.25, -0.2) is 0 Å². The number of nitrogens with two attached hydrogens (primary N) is 1. The van der Waals surface area contributed by atoms with E-state index in [9.17, 15) is 0 Å². The van der Waals surface area contributed by atoms with E-state index in [0.717, 1.165) is 16.9 Å². The lowest BCUT2D eigenvalue weighted by atomic mass is 10.2. The first-order valence-corrected chi connectivity index (χ1v) is 6.42. The third-order valence-electron chi connectivity index (χ3n) is 2.59. The van der Waals surface area contributed by atoms with Crippen molar-refractivity contribution in [2.75, 3.05) is 13.3 Å². The Balaban J connectivity index is 1.79. The number of benzene rings is 2. The quantitative estimate of drug-likeness (QED) is 0.514. The molecule has 0 fully saturated rings. The van der Waals surface area contributed by atoms with E-state index in [1.807, 2.05) is 54.6 Å². The van der Waals surface area contributed by atoms with Crippen LogP contribution in [0.4, 0.5) is 0 Å². The third-order valence-corrected chi connectivity index (χ3v) is 2.59. The Morgan fingerprint density at radius 2 is 1.85 bits per heavy atom. The molecule has 20 heavy (non-hydrogen) atoms. The third kappa shape index (κ3) is 4.77. The Morgan fingerprint density at radius 1 is 1.00 bits per heavy atom. The summed E-state index contributed by atoms with van der Waals surface area (Å²) in [5.74, 6) is 6.51. The van der Waals surface area contributed by atoms with Gasteiger partial charge < -0.3 is 15.2 Å². The van der Waals surface area contributed by atoms with E-state index in [4.69, 9.17) is 15.2 Å². The first-order valence-electron chi connectivity index (χ1n) is 6.42. The smallest absolute Gasteiger partial charge is 0.189 e. The van der Waals surface area contributed by atoms with E-state index in [0.29, 0.717) is 13.2 Å². The van der Waals surface area contributed by atoms with Crippen molar-refractivity contribution in [1.29, 1.82) is 0 Å². The molecule has 0 aliphatic heterocycles. The van der Waals surface area contributed by atoms with E-state index in [2.05, 4.69) is 11.8 Å². The fourth-order valence-electron chi connectivity index (χ4n) is 1.66. The summed E-state index contributed by atoms with van der Waals surface area (Å²) in [5, 5.41) is 0. The van der Waals surface area contributed by atoms with E-state index in [1.54, 1.807) is 0 Å². The van der Waals surface area contributed by atoms with Gasteiger partial charge in [-0.3, -0.25) is 0 Å². The van der Waals surface area contributed by atoms with Crippen molar-refractivity contribution >= 4 is 0 Å². The van der Waals surface area contributed by atoms with E-state index in [-0.39, 0.29) is 6.79 Å². The van der Waals surface area contributed by atoms with Gasteiger partial charge in [-0.15, -0.1) is 0 Å². The normalized spacial score (nSPS) is 9.65. The predicted octanol–water partition coefficient (Wildman–Crippen LogP) is 2.55. The zero-order chi connectivity index (χ0) is 14.0. The molecule has 0 aromatic heterocycles. The molecule has 0 spiro atoms. The van der Waals surface area contributed by atoms with Crippen LogP contribution in [0.1, 0.15) is 11.1 Å². The van der Waals surface area contributed by atoms with E-state index < -0.39 is 0 Å². The number of hydrogen-bond acceptors (Lipinski definition) is 3. The molecule has 0 atom stereocenters. The molecule has 0 saturated carbocycles. The molecule has 102 valence electrons. The van der Waals surface area contributed by atoms with Gasteiger partial charge in [-0.05, 0) is 23.8 Å². The fourth-order valence-corrected chi connectivity index (χ4v) is 1.66. The molecule has 0 aliphatic carbocycles. The molecule has 3 heteroatoms. The molecule has 0 aliphatic rings. The highest BCUT2D eigenvalue weighted by atomic mass is 16.7. The van der Waals surface area contributed by atoms with Crippen LogP contribution in [-0.2, 0) is 11.3 Å². The number of ether oxygens (including phenoxy) is 2. The second kappa shape index (κ2) is 8.00. The summed E-state index contributed by atoms with van der Waals surface area (Å²) in [6, 6.07) is 17.5.